The zero-order chi connectivity index (χ0) is 57.0. The molecule has 47 heteroatoms. The van der Waals surface area contributed by atoms with Crippen LogP contribution in [-0.2, 0) is 6.54 Å². The number of anilines is 2. The topological polar surface area (TPSA) is 119 Å². The lowest BCUT2D eigenvalue weighted by molar-refractivity contribution is 0.410. The number of nitrogens with one attached hydrogen (secondary N) is 1. The van der Waals surface area contributed by atoms with E-state index in [-0.39, 0.29) is 132 Å². The lowest BCUT2D eigenvalue weighted by Crippen LogP contribution is -2.03. The summed E-state index contributed by atoms with van der Waals surface area (Å²) in [6.45, 7) is 1.63. The number of methoxy groups -OCH3 is 1. The Bertz CT molecular complexity index is 2330. The van der Waals surface area contributed by atoms with Gasteiger partial charge in [-0.15, -0.1) is 170 Å². The standard InChI is InChI=1S/C21H22N4O.C8H8Cl2N2O.CH4.H39P37/c1-13-2-6-15(7-3-13)18-19(26)21(25-20(24-18)16-8-9-16)23-17-10-4-14(12-22)5-11-17;1-13-5-6(9)11-8(4-2-3-4)12-7(5)10;;1-20-30(21(2)3)35(31(22(4)5)23(6)7)37(34(28(16)17)29(18)19)36(32(24(8)9)25(10)11)33(26(12)13)27(14)15/h2-7,10-11,16,26H,8-9,12,22H2,1H3,(H,23,24,25);4H,2-3H2,1H3;1H4;20H,1-19H2. The average molecular weight is 1770 g/mol. The number of hydrogen-bond acceptors (Lipinski definition) is 8. The van der Waals surface area contributed by atoms with Gasteiger partial charge in [-0.2, -0.15) is 0 Å². The molecule has 0 saturated heterocycles. The van der Waals surface area contributed by atoms with Gasteiger partial charge in [0.1, 0.15) is 17.3 Å². The number of hydrogen-bond donors (Lipinski definition) is 3. The van der Waals surface area contributed by atoms with Gasteiger partial charge in [0.2, 0.25) is 0 Å². The fourth-order valence-electron chi connectivity index (χ4n) is 6.04. The number of ether oxygens (including phenoxy) is 1. The van der Waals surface area contributed by atoms with Crippen LogP contribution in [0.2, 0.25) is 10.3 Å². The molecule has 2 fully saturated rings. The SMILES string of the molecule is C.COc1c(Cl)nc(C2CC2)nc1Cl.Cc1ccc(-c2nc(C3CC3)nc(Nc3ccc(CN)cc3)c2O)cc1.PPP(P(P)P)P(P(P(P)P)P(P)P)P(P(P(P)P)P(P)P)P(P(P(P)P)P(P)P)P(P(P)P)P(P)P. The number of nitrogens with two attached hydrogens (primary N) is 1. The van der Waals surface area contributed by atoms with Gasteiger partial charge in [0.25, 0.3) is 0 Å². The van der Waals surface area contributed by atoms with Crippen LogP contribution >= 0.6 is 320 Å². The molecule has 4 N–H and O–H groups in total. The molecular weight excluding hydrogens is 1690 g/mol. The second-order valence-corrected chi connectivity index (χ2v) is 165. The molecule has 2 aliphatic rings. The van der Waals surface area contributed by atoms with E-state index in [9.17, 15) is 5.11 Å². The van der Waals surface area contributed by atoms with Crippen molar-refractivity contribution in [2.45, 2.75) is 58.4 Å². The molecule has 23 atom stereocenters. The molecule has 0 radical (unpaired) electrons. The summed E-state index contributed by atoms with van der Waals surface area (Å²) in [4.78, 5) is 17.4. The minimum atomic E-state index is -0.107. The fourth-order valence-corrected chi connectivity index (χ4v) is 510. The van der Waals surface area contributed by atoms with Crippen molar-refractivity contribution < 1.29 is 9.84 Å². The third-order valence-electron chi connectivity index (χ3n) is 9.68. The van der Waals surface area contributed by atoms with Crippen LogP contribution < -0.4 is 15.8 Å². The van der Waals surface area contributed by atoms with Crippen molar-refractivity contribution in [1.29, 1.82) is 0 Å². The van der Waals surface area contributed by atoms with Gasteiger partial charge >= 0.3 is 0 Å². The van der Waals surface area contributed by atoms with Crippen LogP contribution in [0, 0.1) is 6.92 Å². The van der Waals surface area contributed by atoms with Crippen LogP contribution in [-0.4, -0.2) is 32.2 Å². The molecule has 8 nitrogen and oxygen atoms in total. The number of aromatic nitrogens is 4. The highest BCUT2D eigenvalue weighted by Crippen LogP contribution is 3.41. The molecule has 0 spiro atoms. The summed E-state index contributed by atoms with van der Waals surface area (Å²) in [5.41, 5.74) is 10.2. The monoisotopic (exact) mass is 1770 g/mol. The van der Waals surface area contributed by atoms with E-state index < -0.39 is 0 Å². The van der Waals surface area contributed by atoms with E-state index in [0.717, 1.165) is 62.1 Å². The molecule has 0 aliphatic heterocycles. The van der Waals surface area contributed by atoms with Gasteiger partial charge in [-0.25, -0.2) is 19.9 Å². The molecule has 0 amide bonds. The van der Waals surface area contributed by atoms with Crippen LogP contribution in [0.25, 0.3) is 11.3 Å². The average Bonchev–Trinajstić information content (AvgIpc) is 4.26. The van der Waals surface area contributed by atoms with Crippen molar-refractivity contribution in [2.24, 2.45) is 5.73 Å². The summed E-state index contributed by atoms with van der Waals surface area (Å²) in [5, 5.41) is 14.6. The zero-order valence-electron chi connectivity index (χ0n) is 40.9. The van der Waals surface area contributed by atoms with E-state index in [4.69, 9.17) is 33.7 Å². The molecule has 2 saturated carbocycles. The summed E-state index contributed by atoms with van der Waals surface area (Å²) < 4.78 is 4.94. The van der Waals surface area contributed by atoms with E-state index in [2.05, 4.69) is 195 Å². The Morgan fingerprint density at radius 3 is 1.29 bits per heavy atom. The van der Waals surface area contributed by atoms with Gasteiger partial charge < -0.3 is 20.9 Å². The van der Waals surface area contributed by atoms with E-state index in [1.54, 1.807) is 0 Å². The second-order valence-electron chi connectivity index (χ2n) is 15.5. The van der Waals surface area contributed by atoms with Crippen molar-refractivity contribution >= 4 is 331 Å². The number of rotatable bonds is 24. The van der Waals surface area contributed by atoms with Gasteiger partial charge in [-0.1, -0.05) is 80.5 Å². The maximum absolute atomic E-state index is 10.8. The Balaban J connectivity index is 0.000000333. The quantitative estimate of drug-likeness (QED) is 0.0469. The molecular formula is C30H73Cl2N6O2P37. The van der Waals surface area contributed by atoms with Crippen LogP contribution in [0.3, 0.4) is 0 Å². The Morgan fingerprint density at radius 1 is 0.571 bits per heavy atom. The number of aryl methyl sites for hydroxylation is 1. The Morgan fingerprint density at radius 2 is 0.948 bits per heavy atom. The molecule has 4 aromatic rings. The molecule has 6 rings (SSSR count). The lowest BCUT2D eigenvalue weighted by Gasteiger charge is -2.55. The van der Waals surface area contributed by atoms with Crippen molar-refractivity contribution in [1.82, 2.24) is 19.9 Å². The third-order valence-corrected chi connectivity index (χ3v) is 259. The van der Waals surface area contributed by atoms with Gasteiger partial charge in [-0.3, -0.25) is 0 Å². The summed E-state index contributed by atoms with van der Waals surface area (Å²) in [7, 11) is 66.4. The predicted octanol–water partition coefficient (Wildman–Crippen LogP) is 29.0. The van der Waals surface area contributed by atoms with E-state index in [1.165, 1.54) is 12.7 Å². The highest BCUT2D eigenvalue weighted by Gasteiger charge is 2.54. The van der Waals surface area contributed by atoms with Crippen molar-refractivity contribution in [3.8, 4) is 22.8 Å². The number of halogens is 2. The number of nitrogens with zero attached hydrogens (tertiary/aromatic N) is 4. The summed E-state index contributed by atoms with van der Waals surface area (Å²) in [6.07, 6.45) is 4.45. The van der Waals surface area contributed by atoms with Crippen LogP contribution in [0.5, 0.6) is 11.5 Å². The van der Waals surface area contributed by atoms with Crippen molar-refractivity contribution in [2.75, 3.05) is 12.4 Å². The highest BCUT2D eigenvalue weighted by molar-refractivity contribution is 9.47. The maximum atomic E-state index is 10.8. The molecule has 23 unspecified atom stereocenters. The predicted molar refractivity (Wildman–Crippen MR) is 471 cm³/mol. The molecule has 434 valence electrons. The fraction of sp³-hybridized carbons (Fsp3) is 0.333. The summed E-state index contributed by atoms with van der Waals surface area (Å²) in [6, 6.07) is 15.8. The summed E-state index contributed by atoms with van der Waals surface area (Å²) in [5.74, 6) is 3.22. The van der Waals surface area contributed by atoms with Gasteiger partial charge in [0, 0.05) is 29.6 Å². The molecule has 2 aliphatic carbocycles. The maximum Gasteiger partial charge on any atom is 0.193 e. The molecule has 77 heavy (non-hydrogen) atoms. The largest absolute Gasteiger partial charge is 0.503 e. The first kappa shape index (κ1) is 83.7. The first-order valence-electron chi connectivity index (χ1n) is 21.2. The molecule has 2 heterocycles. The van der Waals surface area contributed by atoms with Crippen molar-refractivity contribution in [3.05, 3.63) is 81.6 Å². The number of benzene rings is 2. The van der Waals surface area contributed by atoms with Crippen molar-refractivity contribution in [3.63, 3.8) is 0 Å². The third kappa shape index (κ3) is 27.0. The Labute approximate surface area is 535 Å². The van der Waals surface area contributed by atoms with Crippen LogP contribution in [0.4, 0.5) is 11.5 Å². The van der Waals surface area contributed by atoms with E-state index >= 15 is 0 Å². The van der Waals surface area contributed by atoms with Gasteiger partial charge in [0.05, 0.1) is 7.11 Å². The second kappa shape index (κ2) is 43.0. The molecule has 2 aromatic heterocycles. The van der Waals surface area contributed by atoms with Crippen LogP contribution in [0.15, 0.2) is 48.5 Å². The highest BCUT2D eigenvalue weighted by atomic mass is 35.5. The minimum absolute atomic E-state index is 0. The first-order valence-corrected chi connectivity index (χ1v) is 88.9. The lowest BCUT2D eigenvalue weighted by atomic mass is 10.1. The Kier molecular flexibility index (Phi) is 46.7. The van der Waals surface area contributed by atoms with Gasteiger partial charge in [0.15, 0.2) is 27.6 Å². The minimum Gasteiger partial charge on any atom is -0.503 e. The first-order chi connectivity index (χ1) is 35.7. The smallest absolute Gasteiger partial charge is 0.193 e. The summed E-state index contributed by atoms with van der Waals surface area (Å²) >= 11 is 11.7. The van der Waals surface area contributed by atoms with Gasteiger partial charge in [-0.05, 0) is 169 Å². The van der Waals surface area contributed by atoms with E-state index in [0.29, 0.717) is 45.9 Å². The zero-order valence-corrected chi connectivity index (χ0v) is 80.5. The Hall–Kier alpha value is 12.4. The molecule has 0 bridgehead atoms. The van der Waals surface area contributed by atoms with E-state index in [1.807, 2.05) is 55.5 Å². The van der Waals surface area contributed by atoms with Crippen LogP contribution in [0.1, 0.15) is 67.7 Å². The normalized spacial score (nSPS) is 15.4. The number of aromatic hydroxyl groups is 1. The molecule has 2 aromatic carbocycles.